The monoisotopic (exact) mass is 353 g/mol. The Morgan fingerprint density at radius 1 is 1.30 bits per heavy atom. The third-order valence-corrected chi connectivity index (χ3v) is 4.13. The van der Waals surface area contributed by atoms with Crippen molar-refractivity contribution in [3.05, 3.63) is 33.6 Å². The lowest BCUT2D eigenvalue weighted by Crippen LogP contribution is -2.24. The third kappa shape index (κ3) is 3.86. The molecule has 20 heavy (non-hydrogen) atoms. The second kappa shape index (κ2) is 7.50. The van der Waals surface area contributed by atoms with Crippen LogP contribution < -0.4 is 5.32 Å². The van der Waals surface area contributed by atoms with Gasteiger partial charge in [-0.1, -0.05) is 52.3 Å². The molecule has 2 aromatic rings. The van der Waals surface area contributed by atoms with Crippen molar-refractivity contribution in [3.8, 4) is 11.3 Å². The van der Waals surface area contributed by atoms with Gasteiger partial charge < -0.3 is 5.32 Å². The molecule has 0 aliphatic rings. The van der Waals surface area contributed by atoms with Gasteiger partial charge in [-0.15, -0.1) is 5.10 Å². The second-order valence-electron chi connectivity index (χ2n) is 4.42. The number of carbonyl (C=O) groups is 1. The van der Waals surface area contributed by atoms with Gasteiger partial charge in [-0.25, -0.2) is 0 Å². The molecule has 1 aromatic heterocycles. The van der Waals surface area contributed by atoms with Gasteiger partial charge in [0.2, 0.25) is 0 Å². The maximum absolute atomic E-state index is 12.1. The highest BCUT2D eigenvalue weighted by Crippen LogP contribution is 2.25. The average Bonchev–Trinajstić information content (AvgIpc) is 2.93. The van der Waals surface area contributed by atoms with Crippen molar-refractivity contribution in [2.45, 2.75) is 26.2 Å². The van der Waals surface area contributed by atoms with Gasteiger partial charge in [-0.2, -0.15) is 0 Å². The SMILES string of the molecule is CCCCCNC(=O)c1snnc1-c1ccc(Br)cc1. The Labute approximate surface area is 130 Å². The van der Waals surface area contributed by atoms with Crippen LogP contribution in [0.25, 0.3) is 11.3 Å². The number of carbonyl (C=O) groups excluding carboxylic acids is 1. The Morgan fingerprint density at radius 2 is 2.05 bits per heavy atom. The second-order valence-corrected chi connectivity index (χ2v) is 6.09. The van der Waals surface area contributed by atoms with E-state index in [2.05, 4.69) is 37.8 Å². The molecule has 0 aliphatic carbocycles. The van der Waals surface area contributed by atoms with Crippen molar-refractivity contribution in [2.24, 2.45) is 0 Å². The maximum Gasteiger partial charge on any atom is 0.265 e. The Hall–Kier alpha value is -1.27. The van der Waals surface area contributed by atoms with Crippen LogP contribution in [0.15, 0.2) is 28.7 Å². The number of nitrogens with one attached hydrogen (secondary N) is 1. The number of hydrogen-bond donors (Lipinski definition) is 1. The van der Waals surface area contributed by atoms with E-state index in [4.69, 9.17) is 0 Å². The van der Waals surface area contributed by atoms with E-state index in [1.807, 2.05) is 24.3 Å². The van der Waals surface area contributed by atoms with Gasteiger partial charge in [0.05, 0.1) is 0 Å². The number of benzene rings is 1. The molecule has 0 fully saturated rings. The quantitative estimate of drug-likeness (QED) is 0.801. The van der Waals surface area contributed by atoms with E-state index in [9.17, 15) is 4.79 Å². The molecule has 0 unspecified atom stereocenters. The summed E-state index contributed by atoms with van der Waals surface area (Å²) >= 11 is 4.53. The minimum atomic E-state index is -0.0889. The predicted octanol–water partition coefficient (Wildman–Crippen LogP) is 3.89. The lowest BCUT2D eigenvalue weighted by molar-refractivity contribution is 0.0957. The molecule has 4 nitrogen and oxygen atoms in total. The zero-order chi connectivity index (χ0) is 14.4. The predicted molar refractivity (Wildman–Crippen MR) is 84.9 cm³/mol. The summed E-state index contributed by atoms with van der Waals surface area (Å²) in [7, 11) is 0. The number of amides is 1. The standard InChI is InChI=1S/C14H16BrN3OS/c1-2-3-4-9-16-14(19)13-12(17-18-20-13)10-5-7-11(15)8-6-10/h5-8H,2-4,9H2,1H3,(H,16,19). The molecular formula is C14H16BrN3OS. The fourth-order valence-corrected chi connectivity index (χ4v) is 2.66. The molecule has 1 N–H and O–H groups in total. The summed E-state index contributed by atoms with van der Waals surface area (Å²) in [5, 5.41) is 7.00. The Bertz CT molecular complexity index is 568. The van der Waals surface area contributed by atoms with Crippen LogP contribution in [0.4, 0.5) is 0 Å². The fourth-order valence-electron chi connectivity index (χ4n) is 1.79. The van der Waals surface area contributed by atoms with Gasteiger partial charge >= 0.3 is 0 Å². The minimum Gasteiger partial charge on any atom is -0.351 e. The van der Waals surface area contributed by atoms with Crippen molar-refractivity contribution < 1.29 is 4.79 Å². The molecule has 1 heterocycles. The highest BCUT2D eigenvalue weighted by Gasteiger charge is 2.17. The molecule has 1 aromatic carbocycles. The lowest BCUT2D eigenvalue weighted by Gasteiger charge is -2.04. The number of halogens is 1. The van der Waals surface area contributed by atoms with Gasteiger partial charge in [0.15, 0.2) is 0 Å². The summed E-state index contributed by atoms with van der Waals surface area (Å²) in [4.78, 5) is 12.7. The van der Waals surface area contributed by atoms with Gasteiger partial charge in [-0.3, -0.25) is 4.79 Å². The zero-order valence-corrected chi connectivity index (χ0v) is 13.6. The van der Waals surface area contributed by atoms with Crippen molar-refractivity contribution in [2.75, 3.05) is 6.54 Å². The third-order valence-electron chi connectivity index (χ3n) is 2.88. The molecular weight excluding hydrogens is 338 g/mol. The van der Waals surface area contributed by atoms with Crippen LogP contribution in [0.5, 0.6) is 0 Å². The molecule has 0 saturated heterocycles. The molecule has 106 valence electrons. The van der Waals surface area contributed by atoms with Gasteiger partial charge in [-0.05, 0) is 30.1 Å². The molecule has 0 atom stereocenters. The number of rotatable bonds is 6. The van der Waals surface area contributed by atoms with Crippen molar-refractivity contribution in [3.63, 3.8) is 0 Å². The first-order valence-electron chi connectivity index (χ1n) is 6.59. The van der Waals surface area contributed by atoms with Crippen molar-refractivity contribution in [1.29, 1.82) is 0 Å². The van der Waals surface area contributed by atoms with Crippen LogP contribution in [0.2, 0.25) is 0 Å². The fraction of sp³-hybridized carbons (Fsp3) is 0.357. The van der Waals surface area contributed by atoms with Crippen LogP contribution in [0.3, 0.4) is 0 Å². The summed E-state index contributed by atoms with van der Waals surface area (Å²) in [6.45, 7) is 2.84. The summed E-state index contributed by atoms with van der Waals surface area (Å²) in [5.74, 6) is -0.0889. The topological polar surface area (TPSA) is 54.9 Å². The van der Waals surface area contributed by atoms with Crippen LogP contribution in [0, 0.1) is 0 Å². The highest BCUT2D eigenvalue weighted by molar-refractivity contribution is 9.10. The zero-order valence-electron chi connectivity index (χ0n) is 11.2. The minimum absolute atomic E-state index is 0.0889. The first-order chi connectivity index (χ1) is 9.72. The molecule has 1 amide bonds. The first kappa shape index (κ1) is 15.1. The van der Waals surface area contributed by atoms with E-state index in [0.717, 1.165) is 40.8 Å². The van der Waals surface area contributed by atoms with Crippen LogP contribution in [-0.4, -0.2) is 22.0 Å². The van der Waals surface area contributed by atoms with Gasteiger partial charge in [0, 0.05) is 16.6 Å². The molecule has 0 saturated carbocycles. The van der Waals surface area contributed by atoms with Crippen LogP contribution in [-0.2, 0) is 0 Å². The smallest absolute Gasteiger partial charge is 0.265 e. The van der Waals surface area contributed by atoms with Crippen LogP contribution in [0.1, 0.15) is 35.9 Å². The summed E-state index contributed by atoms with van der Waals surface area (Å²) in [6, 6.07) is 7.71. The highest BCUT2D eigenvalue weighted by atomic mass is 79.9. The average molecular weight is 354 g/mol. The number of aromatic nitrogens is 2. The van der Waals surface area contributed by atoms with Gasteiger partial charge in [0.1, 0.15) is 10.6 Å². The summed E-state index contributed by atoms with van der Waals surface area (Å²) in [6.07, 6.45) is 3.27. The summed E-state index contributed by atoms with van der Waals surface area (Å²) < 4.78 is 4.90. The molecule has 0 bridgehead atoms. The molecule has 0 radical (unpaired) electrons. The molecule has 0 spiro atoms. The Morgan fingerprint density at radius 3 is 2.75 bits per heavy atom. The van der Waals surface area contributed by atoms with Crippen molar-refractivity contribution >= 4 is 33.4 Å². The molecule has 0 aliphatic heterocycles. The molecule has 2 rings (SSSR count). The van der Waals surface area contributed by atoms with E-state index in [1.54, 1.807) is 0 Å². The number of nitrogens with zero attached hydrogens (tertiary/aromatic N) is 2. The number of unbranched alkanes of at least 4 members (excludes halogenated alkanes) is 2. The number of hydrogen-bond acceptors (Lipinski definition) is 4. The maximum atomic E-state index is 12.1. The first-order valence-corrected chi connectivity index (χ1v) is 8.15. The van der Waals surface area contributed by atoms with Crippen molar-refractivity contribution in [1.82, 2.24) is 14.9 Å². The molecule has 6 heteroatoms. The van der Waals surface area contributed by atoms with E-state index in [-0.39, 0.29) is 5.91 Å². The van der Waals surface area contributed by atoms with Gasteiger partial charge in [0.25, 0.3) is 5.91 Å². The lowest BCUT2D eigenvalue weighted by atomic mass is 10.1. The van der Waals surface area contributed by atoms with E-state index < -0.39 is 0 Å². The Balaban J connectivity index is 2.08. The largest absolute Gasteiger partial charge is 0.351 e. The van der Waals surface area contributed by atoms with E-state index >= 15 is 0 Å². The Kier molecular flexibility index (Phi) is 5.67. The van der Waals surface area contributed by atoms with E-state index in [1.165, 1.54) is 0 Å². The van der Waals surface area contributed by atoms with Crippen LogP contribution >= 0.6 is 27.5 Å². The van der Waals surface area contributed by atoms with E-state index in [0.29, 0.717) is 17.1 Å². The normalized spacial score (nSPS) is 10.5. The summed E-state index contributed by atoms with van der Waals surface area (Å²) in [5.41, 5.74) is 1.55.